The third-order valence-electron chi connectivity index (χ3n) is 2.41. The number of urea groups is 1. The third kappa shape index (κ3) is 3.64. The van der Waals surface area contributed by atoms with Crippen LogP contribution in [0.15, 0.2) is 11.4 Å². The van der Waals surface area contributed by atoms with Crippen LogP contribution in [0, 0.1) is 0 Å². The zero-order valence-corrected chi connectivity index (χ0v) is 10.6. The Bertz CT molecular complexity index is 448. The number of hydrogen-bond acceptors (Lipinski definition) is 6. The second kappa shape index (κ2) is 6.48. The molecule has 0 spiro atoms. The first kappa shape index (κ1) is 15.4. The predicted octanol–water partition coefficient (Wildman–Crippen LogP) is -0.716. The van der Waals surface area contributed by atoms with Crippen LogP contribution in [0.5, 0.6) is 0 Å². The van der Waals surface area contributed by atoms with Crippen molar-refractivity contribution < 1.29 is 30.0 Å². The minimum atomic E-state index is -1.56. The van der Waals surface area contributed by atoms with E-state index in [1.54, 1.807) is 0 Å². The fraction of sp³-hybridized carbons (Fsp3) is 0.400. The molecule has 0 aliphatic carbocycles. The highest BCUT2D eigenvalue weighted by Gasteiger charge is 2.30. The van der Waals surface area contributed by atoms with Gasteiger partial charge in [-0.3, -0.25) is 5.32 Å². The number of carboxylic acid groups (broad SMARTS) is 1. The van der Waals surface area contributed by atoms with E-state index in [4.69, 9.17) is 20.4 Å². The van der Waals surface area contributed by atoms with Gasteiger partial charge in [-0.05, 0) is 11.4 Å². The molecule has 0 aliphatic heterocycles. The Labute approximate surface area is 112 Å². The lowest BCUT2D eigenvalue weighted by molar-refractivity contribution is 0.0507. The van der Waals surface area contributed by atoms with E-state index in [0.717, 1.165) is 11.3 Å². The molecular weight excluding hydrogens is 276 g/mol. The molecule has 1 aromatic heterocycles. The number of aliphatic hydroxyl groups excluding tert-OH is 3. The Morgan fingerprint density at radius 1 is 1.21 bits per heavy atom. The fourth-order valence-electron chi connectivity index (χ4n) is 1.22. The highest BCUT2D eigenvalue weighted by molar-refractivity contribution is 7.14. The monoisotopic (exact) mass is 290 g/mol. The molecule has 9 heteroatoms. The van der Waals surface area contributed by atoms with Gasteiger partial charge in [0, 0.05) is 0 Å². The second-order valence-corrected chi connectivity index (χ2v) is 4.72. The maximum Gasteiger partial charge on any atom is 0.338 e. The van der Waals surface area contributed by atoms with Crippen LogP contribution >= 0.6 is 11.3 Å². The zero-order chi connectivity index (χ0) is 14.5. The van der Waals surface area contributed by atoms with Gasteiger partial charge in [-0.15, -0.1) is 11.3 Å². The Morgan fingerprint density at radius 3 is 2.26 bits per heavy atom. The summed E-state index contributed by atoms with van der Waals surface area (Å²) in [5, 5.41) is 42.1. The van der Waals surface area contributed by atoms with Crippen LogP contribution in [-0.4, -0.2) is 57.8 Å². The molecule has 1 aromatic rings. The van der Waals surface area contributed by atoms with Crippen molar-refractivity contribution in [3.63, 3.8) is 0 Å². The first-order valence-electron chi connectivity index (χ1n) is 5.20. The third-order valence-corrected chi connectivity index (χ3v) is 3.24. The second-order valence-electron chi connectivity index (χ2n) is 3.80. The number of aromatic carboxylic acids is 1. The fourth-order valence-corrected chi connectivity index (χ4v) is 1.99. The number of nitrogens with one attached hydrogen (secondary N) is 2. The van der Waals surface area contributed by atoms with Gasteiger partial charge in [-0.1, -0.05) is 0 Å². The molecule has 0 radical (unpaired) electrons. The normalized spacial score (nSPS) is 11.1. The van der Waals surface area contributed by atoms with Gasteiger partial charge in [0.15, 0.2) is 0 Å². The van der Waals surface area contributed by atoms with Gasteiger partial charge in [-0.25, -0.2) is 9.59 Å². The summed E-state index contributed by atoms with van der Waals surface area (Å²) in [4.78, 5) is 22.5. The lowest BCUT2D eigenvalue weighted by Gasteiger charge is -2.28. The van der Waals surface area contributed by atoms with E-state index < -0.39 is 37.4 Å². The van der Waals surface area contributed by atoms with Gasteiger partial charge in [0.1, 0.15) is 10.5 Å². The van der Waals surface area contributed by atoms with E-state index in [9.17, 15) is 9.59 Å². The molecular formula is C10H14N2O6S. The Hall–Kier alpha value is -1.68. The van der Waals surface area contributed by atoms with Crippen molar-refractivity contribution in [2.75, 3.05) is 25.1 Å². The summed E-state index contributed by atoms with van der Waals surface area (Å²) in [6, 6.07) is 0.502. The number of thiophene rings is 1. The largest absolute Gasteiger partial charge is 0.478 e. The number of hydrogen-bond donors (Lipinski definition) is 6. The first-order valence-corrected chi connectivity index (χ1v) is 6.08. The molecule has 106 valence electrons. The van der Waals surface area contributed by atoms with Crippen molar-refractivity contribution in [1.82, 2.24) is 5.32 Å². The van der Waals surface area contributed by atoms with Crippen LogP contribution in [0.2, 0.25) is 0 Å². The molecule has 6 N–H and O–H groups in total. The summed E-state index contributed by atoms with van der Waals surface area (Å²) in [5.41, 5.74) is -1.63. The van der Waals surface area contributed by atoms with Crippen molar-refractivity contribution >= 4 is 28.3 Å². The van der Waals surface area contributed by atoms with Gasteiger partial charge in [0.05, 0.1) is 25.4 Å². The summed E-state index contributed by atoms with van der Waals surface area (Å²) in [6.45, 7) is -1.99. The maximum absolute atomic E-state index is 11.6. The van der Waals surface area contributed by atoms with Crippen LogP contribution < -0.4 is 10.6 Å². The SMILES string of the molecule is O=C(Nc1sccc1C(=O)O)NC(CO)(CO)CO. The van der Waals surface area contributed by atoms with Gasteiger partial charge in [0.2, 0.25) is 0 Å². The van der Waals surface area contributed by atoms with E-state index in [2.05, 4.69) is 10.6 Å². The molecule has 0 aliphatic rings. The van der Waals surface area contributed by atoms with Crippen LogP contribution in [0.4, 0.5) is 9.80 Å². The van der Waals surface area contributed by atoms with Crippen molar-refractivity contribution in [2.24, 2.45) is 0 Å². The van der Waals surface area contributed by atoms with E-state index >= 15 is 0 Å². The van der Waals surface area contributed by atoms with Crippen molar-refractivity contribution in [2.45, 2.75) is 5.54 Å². The number of rotatable bonds is 6. The van der Waals surface area contributed by atoms with Crippen molar-refractivity contribution in [1.29, 1.82) is 0 Å². The molecule has 1 heterocycles. The van der Waals surface area contributed by atoms with E-state index in [1.807, 2.05) is 0 Å². The Morgan fingerprint density at radius 2 is 1.79 bits per heavy atom. The number of amides is 2. The van der Waals surface area contributed by atoms with Crippen LogP contribution in [-0.2, 0) is 0 Å². The molecule has 0 aromatic carbocycles. The molecule has 1 rings (SSSR count). The Balaban J connectivity index is 2.75. The summed E-state index contributed by atoms with van der Waals surface area (Å²) in [6.07, 6.45) is 0. The van der Waals surface area contributed by atoms with Gasteiger partial charge in [-0.2, -0.15) is 0 Å². The number of carbonyl (C=O) groups is 2. The standard InChI is InChI=1S/C10H14N2O6S/c13-3-10(4-14,5-15)12-9(18)11-7-6(8(16)17)1-2-19-7/h1-2,13-15H,3-5H2,(H,16,17)(H2,11,12,18). The molecule has 19 heavy (non-hydrogen) atoms. The first-order chi connectivity index (χ1) is 8.98. The number of carbonyl (C=O) groups excluding carboxylic acids is 1. The lowest BCUT2D eigenvalue weighted by Crippen LogP contribution is -2.58. The summed E-state index contributed by atoms with van der Waals surface area (Å²) >= 11 is 1.01. The molecule has 0 bridgehead atoms. The van der Waals surface area contributed by atoms with Crippen molar-refractivity contribution in [3.05, 3.63) is 17.0 Å². The minimum absolute atomic E-state index is 0.0669. The quantitative estimate of drug-likeness (QED) is 0.409. The van der Waals surface area contributed by atoms with E-state index in [-0.39, 0.29) is 10.6 Å². The van der Waals surface area contributed by atoms with Crippen molar-refractivity contribution in [3.8, 4) is 0 Å². The summed E-state index contributed by atoms with van der Waals surface area (Å²) in [5.74, 6) is -1.19. The average molecular weight is 290 g/mol. The topological polar surface area (TPSA) is 139 Å². The molecule has 0 saturated carbocycles. The molecule has 0 fully saturated rings. The van der Waals surface area contributed by atoms with Gasteiger partial charge < -0.3 is 25.7 Å². The number of anilines is 1. The van der Waals surface area contributed by atoms with E-state index in [1.165, 1.54) is 11.4 Å². The van der Waals surface area contributed by atoms with E-state index in [0.29, 0.717) is 0 Å². The summed E-state index contributed by atoms with van der Waals surface area (Å²) < 4.78 is 0. The van der Waals surface area contributed by atoms with Crippen LogP contribution in [0.3, 0.4) is 0 Å². The van der Waals surface area contributed by atoms with Crippen LogP contribution in [0.25, 0.3) is 0 Å². The molecule has 8 nitrogen and oxygen atoms in total. The smallest absolute Gasteiger partial charge is 0.338 e. The van der Waals surface area contributed by atoms with Gasteiger partial charge >= 0.3 is 12.0 Å². The molecule has 0 saturated heterocycles. The maximum atomic E-state index is 11.6. The molecule has 2 amide bonds. The molecule has 0 unspecified atom stereocenters. The zero-order valence-electron chi connectivity index (χ0n) is 9.79. The van der Waals surface area contributed by atoms with Crippen LogP contribution in [0.1, 0.15) is 10.4 Å². The number of carboxylic acids is 1. The lowest BCUT2D eigenvalue weighted by atomic mass is 10.0. The minimum Gasteiger partial charge on any atom is -0.478 e. The number of aliphatic hydroxyl groups is 3. The average Bonchev–Trinajstić information content (AvgIpc) is 2.84. The molecule has 0 atom stereocenters. The highest BCUT2D eigenvalue weighted by atomic mass is 32.1. The van der Waals surface area contributed by atoms with Gasteiger partial charge in [0.25, 0.3) is 0 Å². The Kier molecular flexibility index (Phi) is 5.24. The summed E-state index contributed by atoms with van der Waals surface area (Å²) in [7, 11) is 0. The predicted molar refractivity (Wildman–Crippen MR) is 67.4 cm³/mol. The highest BCUT2D eigenvalue weighted by Crippen LogP contribution is 2.23.